The average molecular weight is 249 g/mol. The van der Waals surface area contributed by atoms with E-state index in [2.05, 4.69) is 4.98 Å². The van der Waals surface area contributed by atoms with E-state index in [0.29, 0.717) is 6.61 Å². The van der Waals surface area contributed by atoms with Crippen LogP contribution in [0.3, 0.4) is 0 Å². The molecule has 3 N–H and O–H groups in total. The van der Waals surface area contributed by atoms with E-state index in [1.807, 2.05) is 38.4 Å². The van der Waals surface area contributed by atoms with E-state index >= 15 is 0 Å². The first-order valence-corrected chi connectivity index (χ1v) is 6.33. The Morgan fingerprint density at radius 2 is 2.00 bits per heavy atom. The third-order valence-electron chi connectivity index (χ3n) is 3.10. The summed E-state index contributed by atoms with van der Waals surface area (Å²) >= 11 is 0. The highest BCUT2D eigenvalue weighted by molar-refractivity contribution is 5.82. The minimum Gasteiger partial charge on any atom is -0.387 e. The van der Waals surface area contributed by atoms with Gasteiger partial charge < -0.3 is 10.5 Å². The van der Waals surface area contributed by atoms with Gasteiger partial charge in [0.2, 0.25) is 0 Å². The van der Waals surface area contributed by atoms with Crippen molar-refractivity contribution < 1.29 is 4.74 Å². The van der Waals surface area contributed by atoms with E-state index in [4.69, 9.17) is 15.9 Å². The summed E-state index contributed by atoms with van der Waals surface area (Å²) in [6.45, 7) is 5.34. The Hall–Kier alpha value is -1.42. The molecule has 1 rings (SSSR count). The molecule has 0 aliphatic rings. The normalized spacial score (nSPS) is 11.4. The minimum absolute atomic E-state index is 0.225. The Balaban J connectivity index is 2.08. The number of hydrogen-bond donors (Lipinski definition) is 2. The molecule has 0 aromatic carbocycles. The standard InChI is InChI=1S/C14H23N3O/c1-14(2,13(15)16)7-11-18-10-3-4-12-5-8-17-9-6-12/h5-6,8-9H,3-4,7,10-11H2,1-2H3,(H3,15,16). The lowest BCUT2D eigenvalue weighted by Gasteiger charge is -2.22. The Morgan fingerprint density at radius 1 is 1.33 bits per heavy atom. The van der Waals surface area contributed by atoms with Gasteiger partial charge in [-0.05, 0) is 37.0 Å². The quantitative estimate of drug-likeness (QED) is 0.422. The average Bonchev–Trinajstić information content (AvgIpc) is 2.34. The molecule has 100 valence electrons. The van der Waals surface area contributed by atoms with Crippen LogP contribution in [-0.4, -0.2) is 24.0 Å². The van der Waals surface area contributed by atoms with Crippen LogP contribution in [0.1, 0.15) is 32.3 Å². The summed E-state index contributed by atoms with van der Waals surface area (Å²) in [5.41, 5.74) is 6.54. The van der Waals surface area contributed by atoms with E-state index in [-0.39, 0.29) is 11.3 Å². The van der Waals surface area contributed by atoms with Gasteiger partial charge in [0.05, 0.1) is 5.84 Å². The van der Waals surface area contributed by atoms with Gasteiger partial charge in [0.15, 0.2) is 0 Å². The van der Waals surface area contributed by atoms with Crippen LogP contribution >= 0.6 is 0 Å². The maximum Gasteiger partial charge on any atom is 0.0963 e. The first kappa shape index (κ1) is 14.6. The second-order valence-electron chi connectivity index (χ2n) is 5.12. The highest BCUT2D eigenvalue weighted by atomic mass is 16.5. The maximum absolute atomic E-state index is 7.44. The smallest absolute Gasteiger partial charge is 0.0963 e. The molecule has 0 aliphatic carbocycles. The summed E-state index contributed by atoms with van der Waals surface area (Å²) < 4.78 is 5.57. The van der Waals surface area contributed by atoms with Crippen molar-refractivity contribution in [2.24, 2.45) is 11.1 Å². The highest BCUT2D eigenvalue weighted by Gasteiger charge is 2.20. The van der Waals surface area contributed by atoms with E-state index in [0.717, 1.165) is 25.9 Å². The molecule has 0 saturated heterocycles. The molecule has 1 aromatic heterocycles. The van der Waals surface area contributed by atoms with Gasteiger partial charge in [0.1, 0.15) is 0 Å². The first-order valence-electron chi connectivity index (χ1n) is 6.33. The van der Waals surface area contributed by atoms with Crippen molar-refractivity contribution in [2.75, 3.05) is 13.2 Å². The second kappa shape index (κ2) is 7.11. The molecule has 0 atom stereocenters. The van der Waals surface area contributed by atoms with Crippen molar-refractivity contribution in [1.29, 1.82) is 5.41 Å². The molecular weight excluding hydrogens is 226 g/mol. The van der Waals surface area contributed by atoms with Crippen LogP contribution in [0.25, 0.3) is 0 Å². The summed E-state index contributed by atoms with van der Waals surface area (Å²) in [5, 5.41) is 7.44. The van der Waals surface area contributed by atoms with Crippen molar-refractivity contribution in [1.82, 2.24) is 4.98 Å². The Bertz CT molecular complexity index is 363. The summed E-state index contributed by atoms with van der Waals surface area (Å²) in [6, 6.07) is 4.05. The molecule has 0 unspecified atom stereocenters. The van der Waals surface area contributed by atoms with Gasteiger partial charge in [-0.25, -0.2) is 0 Å². The Kier molecular flexibility index (Phi) is 5.78. The molecule has 0 saturated carbocycles. The van der Waals surface area contributed by atoms with Crippen LogP contribution in [0.2, 0.25) is 0 Å². The fourth-order valence-corrected chi connectivity index (χ4v) is 1.49. The number of nitrogens with zero attached hydrogens (tertiary/aromatic N) is 1. The van der Waals surface area contributed by atoms with Crippen LogP contribution < -0.4 is 5.73 Å². The van der Waals surface area contributed by atoms with Gasteiger partial charge in [-0.3, -0.25) is 10.4 Å². The molecule has 1 aromatic rings. The lowest BCUT2D eigenvalue weighted by Crippen LogP contribution is -2.31. The van der Waals surface area contributed by atoms with Gasteiger partial charge in [-0.2, -0.15) is 0 Å². The molecule has 0 bridgehead atoms. The number of aromatic nitrogens is 1. The Morgan fingerprint density at radius 3 is 2.61 bits per heavy atom. The van der Waals surface area contributed by atoms with Crippen LogP contribution in [0.4, 0.5) is 0 Å². The summed E-state index contributed by atoms with van der Waals surface area (Å²) in [5.74, 6) is 0.225. The Labute approximate surface area is 109 Å². The van der Waals surface area contributed by atoms with E-state index in [1.54, 1.807) is 0 Å². The monoisotopic (exact) mass is 249 g/mol. The van der Waals surface area contributed by atoms with Crippen molar-refractivity contribution in [3.05, 3.63) is 30.1 Å². The predicted molar refractivity (Wildman–Crippen MR) is 73.7 cm³/mol. The molecular formula is C14H23N3O. The molecule has 0 amide bonds. The van der Waals surface area contributed by atoms with Crippen molar-refractivity contribution in [3.63, 3.8) is 0 Å². The first-order chi connectivity index (χ1) is 8.52. The van der Waals surface area contributed by atoms with E-state index in [9.17, 15) is 0 Å². The van der Waals surface area contributed by atoms with Gasteiger partial charge >= 0.3 is 0 Å². The van der Waals surface area contributed by atoms with E-state index in [1.165, 1.54) is 5.56 Å². The van der Waals surface area contributed by atoms with Crippen molar-refractivity contribution in [3.8, 4) is 0 Å². The van der Waals surface area contributed by atoms with Gasteiger partial charge in [0, 0.05) is 31.0 Å². The molecule has 0 radical (unpaired) electrons. The predicted octanol–water partition coefficient (Wildman–Crippen LogP) is 2.38. The minimum atomic E-state index is -0.259. The lowest BCUT2D eigenvalue weighted by atomic mass is 9.89. The molecule has 0 spiro atoms. The molecule has 0 aliphatic heterocycles. The number of amidine groups is 1. The van der Waals surface area contributed by atoms with Crippen molar-refractivity contribution in [2.45, 2.75) is 33.1 Å². The molecule has 4 heteroatoms. The van der Waals surface area contributed by atoms with Crippen LogP contribution in [0, 0.1) is 10.8 Å². The fraction of sp³-hybridized carbons (Fsp3) is 0.571. The molecule has 4 nitrogen and oxygen atoms in total. The highest BCUT2D eigenvalue weighted by Crippen LogP contribution is 2.19. The van der Waals surface area contributed by atoms with Crippen LogP contribution in [0.15, 0.2) is 24.5 Å². The molecule has 0 fully saturated rings. The summed E-state index contributed by atoms with van der Waals surface area (Å²) in [7, 11) is 0. The molecule has 1 heterocycles. The van der Waals surface area contributed by atoms with Gasteiger partial charge in [-0.15, -0.1) is 0 Å². The third-order valence-corrected chi connectivity index (χ3v) is 3.10. The topological polar surface area (TPSA) is 72.0 Å². The second-order valence-corrected chi connectivity index (χ2v) is 5.12. The van der Waals surface area contributed by atoms with E-state index < -0.39 is 0 Å². The zero-order valence-corrected chi connectivity index (χ0v) is 11.3. The molecule has 18 heavy (non-hydrogen) atoms. The zero-order valence-electron chi connectivity index (χ0n) is 11.3. The number of pyridine rings is 1. The van der Waals surface area contributed by atoms with Gasteiger partial charge in [0.25, 0.3) is 0 Å². The summed E-state index contributed by atoms with van der Waals surface area (Å²) in [4.78, 5) is 3.98. The SMILES string of the molecule is CC(C)(CCOCCCc1ccncc1)C(=N)N. The fourth-order valence-electron chi connectivity index (χ4n) is 1.49. The number of rotatable bonds is 8. The van der Waals surface area contributed by atoms with Crippen molar-refractivity contribution >= 4 is 5.84 Å². The van der Waals surface area contributed by atoms with Crippen LogP contribution in [-0.2, 0) is 11.2 Å². The lowest BCUT2D eigenvalue weighted by molar-refractivity contribution is 0.114. The zero-order chi connectivity index (χ0) is 13.4. The number of nitrogens with one attached hydrogen (secondary N) is 1. The number of ether oxygens (including phenoxy) is 1. The van der Waals surface area contributed by atoms with Gasteiger partial charge in [-0.1, -0.05) is 13.8 Å². The number of aryl methyl sites for hydroxylation is 1. The maximum atomic E-state index is 7.44. The largest absolute Gasteiger partial charge is 0.387 e. The number of nitrogens with two attached hydrogens (primary N) is 1. The number of hydrogen-bond acceptors (Lipinski definition) is 3. The third kappa shape index (κ3) is 5.27. The summed E-state index contributed by atoms with van der Waals surface area (Å²) in [6.07, 6.45) is 6.43. The van der Waals surface area contributed by atoms with Crippen LogP contribution in [0.5, 0.6) is 0 Å².